The predicted molar refractivity (Wildman–Crippen MR) is 282 cm³/mol. The maximum absolute atomic E-state index is 12.7. The van der Waals surface area contributed by atoms with Gasteiger partial charge in [0.2, 0.25) is 0 Å². The van der Waals surface area contributed by atoms with Gasteiger partial charge in [0, 0.05) is 12.8 Å². The third-order valence-corrected chi connectivity index (χ3v) is 13.4. The van der Waals surface area contributed by atoms with Crippen LogP contribution >= 0.6 is 7.82 Å². The number of esters is 2. The fraction of sp³-hybridized carbons (Fsp3) is 0.860. The molecule has 2 atom stereocenters. The molecule has 0 bridgehead atoms. The Hall–Kier alpha value is -1.77. The molecule has 394 valence electrons. The van der Waals surface area contributed by atoms with Crippen LogP contribution in [0.1, 0.15) is 264 Å². The lowest BCUT2D eigenvalue weighted by Crippen LogP contribution is -2.37. The summed E-state index contributed by atoms with van der Waals surface area (Å²) in [6.45, 7) is 4.14. The average molecular weight is 966 g/mol. The van der Waals surface area contributed by atoms with Gasteiger partial charge in [-0.15, -0.1) is 0 Å². The minimum absolute atomic E-state index is 0.0335. The fourth-order valence-corrected chi connectivity index (χ4v) is 8.81. The van der Waals surface area contributed by atoms with E-state index in [9.17, 15) is 19.0 Å². The summed E-state index contributed by atoms with van der Waals surface area (Å²) in [7, 11) is 1.16. The van der Waals surface area contributed by atoms with Gasteiger partial charge in [0.15, 0.2) is 6.10 Å². The van der Waals surface area contributed by atoms with Gasteiger partial charge in [0.05, 0.1) is 27.7 Å². The van der Waals surface area contributed by atoms with E-state index >= 15 is 0 Å². The van der Waals surface area contributed by atoms with E-state index in [2.05, 4.69) is 50.3 Å². The van der Waals surface area contributed by atoms with Gasteiger partial charge in [0.25, 0.3) is 7.82 Å². The van der Waals surface area contributed by atoms with Crippen molar-refractivity contribution in [2.75, 3.05) is 47.5 Å². The number of rotatable bonds is 52. The standard InChI is InChI=1S/C57H108NO8P/c1-6-8-10-12-14-16-18-20-22-23-24-25-26-27-28-29-30-31-32-33-34-36-37-39-41-43-45-47-49-56(59)63-53-55(54-65-67(61,62)64-52-51-58(3,4)5)66-57(60)50-48-46-44-42-40-38-35-21-19-17-15-13-11-9-7-2/h9,11,15,17,21,35,55H,6-8,10,12-14,16,18-20,22-34,36-54H2,1-5H3/b11-9-,17-15-,35-21-. The molecule has 0 N–H and O–H groups in total. The van der Waals surface area contributed by atoms with Gasteiger partial charge in [-0.25, -0.2) is 0 Å². The zero-order valence-corrected chi connectivity index (χ0v) is 45.5. The minimum Gasteiger partial charge on any atom is -0.756 e. The van der Waals surface area contributed by atoms with Crippen LogP contribution in [0.2, 0.25) is 0 Å². The number of phosphoric acid groups is 1. The SMILES string of the molecule is CC/C=C\C/C=C\C/C=C\CCCCCCCC(=O)OC(COC(=O)CCCCCCCCCCCCCCCCCCCCCCCCCCCCCC)COP(=O)([O-])OCC[N+](C)(C)C. The first-order valence-corrected chi connectivity index (χ1v) is 29.7. The molecule has 0 spiro atoms. The normalized spacial score (nSPS) is 13.6. The molecule has 0 saturated heterocycles. The van der Waals surface area contributed by atoms with Crippen LogP contribution in [0.3, 0.4) is 0 Å². The molecule has 0 fully saturated rings. The van der Waals surface area contributed by atoms with Crippen LogP contribution in [0.4, 0.5) is 0 Å². The molecule has 0 aromatic heterocycles. The Morgan fingerprint density at radius 2 is 0.851 bits per heavy atom. The van der Waals surface area contributed by atoms with Crippen LogP contribution in [-0.4, -0.2) is 70.0 Å². The summed E-state index contributed by atoms with van der Waals surface area (Å²) in [6, 6.07) is 0. The van der Waals surface area contributed by atoms with Crippen LogP contribution in [0.15, 0.2) is 36.5 Å². The van der Waals surface area contributed by atoms with E-state index in [-0.39, 0.29) is 32.0 Å². The summed E-state index contributed by atoms with van der Waals surface area (Å²) in [6.07, 6.45) is 59.2. The van der Waals surface area contributed by atoms with E-state index in [0.29, 0.717) is 17.4 Å². The van der Waals surface area contributed by atoms with Crippen LogP contribution in [-0.2, 0) is 32.7 Å². The van der Waals surface area contributed by atoms with Gasteiger partial charge >= 0.3 is 11.9 Å². The van der Waals surface area contributed by atoms with Gasteiger partial charge in [0.1, 0.15) is 19.8 Å². The Morgan fingerprint density at radius 1 is 0.478 bits per heavy atom. The number of hydrogen-bond acceptors (Lipinski definition) is 8. The van der Waals surface area contributed by atoms with Gasteiger partial charge in [-0.1, -0.05) is 243 Å². The number of unbranched alkanes of at least 4 members (excludes halogenated alkanes) is 32. The lowest BCUT2D eigenvalue weighted by atomic mass is 10.0. The quantitative estimate of drug-likeness (QED) is 0.0195. The molecule has 0 radical (unpaired) electrons. The highest BCUT2D eigenvalue weighted by atomic mass is 31.2. The zero-order chi connectivity index (χ0) is 49.2. The van der Waals surface area contributed by atoms with Crippen molar-refractivity contribution in [2.45, 2.75) is 270 Å². The van der Waals surface area contributed by atoms with Gasteiger partial charge in [-0.2, -0.15) is 0 Å². The number of phosphoric ester groups is 1. The van der Waals surface area contributed by atoms with Crippen LogP contribution in [0.5, 0.6) is 0 Å². The molecular weight excluding hydrogens is 858 g/mol. The number of carbonyl (C=O) groups is 2. The summed E-state index contributed by atoms with van der Waals surface area (Å²) < 4.78 is 34.1. The summed E-state index contributed by atoms with van der Waals surface area (Å²) >= 11 is 0. The second-order valence-electron chi connectivity index (χ2n) is 20.3. The Balaban J connectivity index is 4.06. The van der Waals surface area contributed by atoms with Gasteiger partial charge in [-0.05, 0) is 44.9 Å². The van der Waals surface area contributed by atoms with Gasteiger partial charge in [-0.3, -0.25) is 14.2 Å². The molecule has 10 heteroatoms. The largest absolute Gasteiger partial charge is 0.756 e. The molecule has 0 saturated carbocycles. The minimum atomic E-state index is -4.63. The number of hydrogen-bond donors (Lipinski definition) is 0. The first-order valence-electron chi connectivity index (χ1n) is 28.2. The molecule has 0 aromatic carbocycles. The molecule has 0 aliphatic rings. The second kappa shape index (κ2) is 49.2. The highest BCUT2D eigenvalue weighted by Gasteiger charge is 2.22. The third-order valence-electron chi connectivity index (χ3n) is 12.4. The molecule has 2 unspecified atom stereocenters. The Labute approximate surface area is 414 Å². The lowest BCUT2D eigenvalue weighted by molar-refractivity contribution is -0.870. The molecule has 9 nitrogen and oxygen atoms in total. The summed E-state index contributed by atoms with van der Waals surface area (Å²) in [5.41, 5.74) is 0. The van der Waals surface area contributed by atoms with Crippen molar-refractivity contribution in [3.63, 3.8) is 0 Å². The predicted octanol–water partition coefficient (Wildman–Crippen LogP) is 16.6. The first-order chi connectivity index (χ1) is 32.5. The van der Waals surface area contributed by atoms with E-state index in [1.807, 2.05) is 21.1 Å². The Kier molecular flexibility index (Phi) is 47.9. The summed E-state index contributed by atoms with van der Waals surface area (Å²) in [5, 5.41) is 0. The van der Waals surface area contributed by atoms with Crippen molar-refractivity contribution in [1.29, 1.82) is 0 Å². The maximum Gasteiger partial charge on any atom is 0.306 e. The number of allylic oxidation sites excluding steroid dienone is 6. The summed E-state index contributed by atoms with van der Waals surface area (Å²) in [4.78, 5) is 37.8. The molecular formula is C57H108NO8P. The highest BCUT2D eigenvalue weighted by molar-refractivity contribution is 7.45. The second-order valence-corrected chi connectivity index (χ2v) is 21.7. The molecule has 0 aliphatic heterocycles. The third kappa shape index (κ3) is 53.4. The van der Waals surface area contributed by atoms with Crippen molar-refractivity contribution in [3.05, 3.63) is 36.5 Å². The smallest absolute Gasteiger partial charge is 0.306 e. The Morgan fingerprint density at radius 3 is 1.27 bits per heavy atom. The number of nitrogens with zero attached hydrogens (tertiary/aromatic N) is 1. The number of quaternary nitrogens is 1. The van der Waals surface area contributed by atoms with E-state index < -0.39 is 26.5 Å². The highest BCUT2D eigenvalue weighted by Crippen LogP contribution is 2.38. The number of ether oxygens (including phenoxy) is 2. The zero-order valence-electron chi connectivity index (χ0n) is 44.6. The monoisotopic (exact) mass is 966 g/mol. The van der Waals surface area contributed by atoms with E-state index in [0.717, 1.165) is 70.6 Å². The van der Waals surface area contributed by atoms with Crippen molar-refractivity contribution in [3.8, 4) is 0 Å². The van der Waals surface area contributed by atoms with E-state index in [1.165, 1.54) is 161 Å². The molecule has 0 heterocycles. The molecule has 0 amide bonds. The maximum atomic E-state index is 12.7. The van der Waals surface area contributed by atoms with E-state index in [1.54, 1.807) is 0 Å². The molecule has 0 rings (SSSR count). The van der Waals surface area contributed by atoms with E-state index in [4.69, 9.17) is 18.5 Å². The van der Waals surface area contributed by atoms with Crippen molar-refractivity contribution >= 4 is 19.8 Å². The molecule has 0 aromatic rings. The fourth-order valence-electron chi connectivity index (χ4n) is 8.08. The lowest BCUT2D eigenvalue weighted by Gasteiger charge is -2.28. The number of likely N-dealkylation sites (N-methyl/N-ethyl adjacent to an activating group) is 1. The molecule has 0 aliphatic carbocycles. The first kappa shape index (κ1) is 65.2. The van der Waals surface area contributed by atoms with Crippen LogP contribution in [0.25, 0.3) is 0 Å². The van der Waals surface area contributed by atoms with Crippen LogP contribution < -0.4 is 4.89 Å². The average Bonchev–Trinajstić information content (AvgIpc) is 3.29. The number of carbonyl (C=O) groups excluding carboxylic acids is 2. The van der Waals surface area contributed by atoms with Crippen molar-refractivity contribution in [2.24, 2.45) is 0 Å². The Bertz CT molecular complexity index is 1230. The van der Waals surface area contributed by atoms with Gasteiger partial charge < -0.3 is 27.9 Å². The van der Waals surface area contributed by atoms with Crippen molar-refractivity contribution < 1.29 is 42.1 Å². The topological polar surface area (TPSA) is 111 Å². The van der Waals surface area contributed by atoms with Crippen LogP contribution in [0, 0.1) is 0 Å². The molecule has 67 heavy (non-hydrogen) atoms. The summed E-state index contributed by atoms with van der Waals surface area (Å²) in [5.74, 6) is -0.843. The van der Waals surface area contributed by atoms with Crippen molar-refractivity contribution in [1.82, 2.24) is 0 Å².